The standard InChI is InChI=1S/C16H18F4N2O4/c17-14(18)26-11-4-13-12(24-8-25-13)3-10(11)7-22-15(23)21-6-9-1-2-16(19,20)5-9/h3-4,9,14H,1-2,5-8H2,(H2,21,22,23). The highest BCUT2D eigenvalue weighted by Crippen LogP contribution is 2.39. The Kier molecular flexibility index (Phi) is 5.28. The van der Waals surface area contributed by atoms with E-state index < -0.39 is 18.6 Å². The third-order valence-electron chi connectivity index (χ3n) is 4.27. The van der Waals surface area contributed by atoms with Gasteiger partial charge >= 0.3 is 12.6 Å². The summed E-state index contributed by atoms with van der Waals surface area (Å²) in [4.78, 5) is 11.8. The fourth-order valence-corrected chi connectivity index (χ4v) is 3.00. The van der Waals surface area contributed by atoms with E-state index in [2.05, 4.69) is 15.4 Å². The predicted molar refractivity (Wildman–Crippen MR) is 81.7 cm³/mol. The molecule has 2 amide bonds. The van der Waals surface area contributed by atoms with E-state index in [0.29, 0.717) is 12.2 Å². The minimum absolute atomic E-state index is 0.0349. The van der Waals surface area contributed by atoms with Crippen molar-refractivity contribution in [2.24, 2.45) is 5.92 Å². The van der Waals surface area contributed by atoms with Crippen LogP contribution in [0.2, 0.25) is 0 Å². The number of hydrogen-bond acceptors (Lipinski definition) is 4. The van der Waals surface area contributed by atoms with Crippen LogP contribution >= 0.6 is 0 Å². The summed E-state index contributed by atoms with van der Waals surface area (Å²) < 4.78 is 66.1. The summed E-state index contributed by atoms with van der Waals surface area (Å²) in [6.07, 6.45) is -0.0733. The van der Waals surface area contributed by atoms with Gasteiger partial charge in [0.15, 0.2) is 11.5 Å². The van der Waals surface area contributed by atoms with Gasteiger partial charge in [0, 0.05) is 37.6 Å². The lowest BCUT2D eigenvalue weighted by Gasteiger charge is -2.14. The number of nitrogens with one attached hydrogen (secondary N) is 2. The van der Waals surface area contributed by atoms with E-state index >= 15 is 0 Å². The van der Waals surface area contributed by atoms with Gasteiger partial charge < -0.3 is 24.8 Å². The molecule has 144 valence electrons. The Morgan fingerprint density at radius 2 is 2.00 bits per heavy atom. The molecule has 1 fully saturated rings. The molecular formula is C16H18F4N2O4. The van der Waals surface area contributed by atoms with Crippen LogP contribution < -0.4 is 24.8 Å². The first kappa shape index (κ1) is 18.4. The third-order valence-corrected chi connectivity index (χ3v) is 4.27. The second-order valence-corrected chi connectivity index (χ2v) is 6.22. The van der Waals surface area contributed by atoms with Crippen LogP contribution in [-0.2, 0) is 6.54 Å². The van der Waals surface area contributed by atoms with Gasteiger partial charge in [0.2, 0.25) is 12.7 Å². The molecule has 1 unspecified atom stereocenters. The number of halogens is 4. The number of carbonyl (C=O) groups is 1. The Labute approximate surface area is 146 Å². The van der Waals surface area contributed by atoms with E-state index in [1.54, 1.807) is 0 Å². The summed E-state index contributed by atoms with van der Waals surface area (Å²) in [6, 6.07) is 2.13. The van der Waals surface area contributed by atoms with Crippen molar-refractivity contribution in [1.29, 1.82) is 0 Å². The van der Waals surface area contributed by atoms with Crippen LogP contribution in [0.4, 0.5) is 22.4 Å². The molecule has 0 saturated heterocycles. The van der Waals surface area contributed by atoms with E-state index in [0.717, 1.165) is 0 Å². The number of rotatable bonds is 6. The first-order valence-corrected chi connectivity index (χ1v) is 8.09. The molecule has 0 radical (unpaired) electrons. The first-order valence-electron chi connectivity index (χ1n) is 8.09. The maximum Gasteiger partial charge on any atom is 0.387 e. The van der Waals surface area contributed by atoms with Crippen LogP contribution in [0.1, 0.15) is 24.8 Å². The Hall–Kier alpha value is -2.39. The van der Waals surface area contributed by atoms with Gasteiger partial charge in [-0.3, -0.25) is 0 Å². The lowest BCUT2D eigenvalue weighted by Crippen LogP contribution is -2.37. The van der Waals surface area contributed by atoms with Crippen molar-refractivity contribution in [3.8, 4) is 17.2 Å². The summed E-state index contributed by atoms with van der Waals surface area (Å²) in [6.45, 7) is -3.05. The zero-order chi connectivity index (χ0) is 18.7. The topological polar surface area (TPSA) is 68.8 Å². The summed E-state index contributed by atoms with van der Waals surface area (Å²) >= 11 is 0. The van der Waals surface area contributed by atoms with Gasteiger partial charge in [-0.15, -0.1) is 0 Å². The quantitative estimate of drug-likeness (QED) is 0.746. The molecule has 10 heteroatoms. The summed E-state index contributed by atoms with van der Waals surface area (Å²) in [7, 11) is 0. The number of alkyl halides is 4. The van der Waals surface area contributed by atoms with E-state index in [4.69, 9.17) is 9.47 Å². The van der Waals surface area contributed by atoms with E-state index in [1.165, 1.54) is 12.1 Å². The number of ether oxygens (including phenoxy) is 3. The van der Waals surface area contributed by atoms with Crippen molar-refractivity contribution in [3.05, 3.63) is 17.7 Å². The molecule has 1 aromatic rings. The molecule has 1 heterocycles. The van der Waals surface area contributed by atoms with Crippen LogP contribution in [0.15, 0.2) is 12.1 Å². The largest absolute Gasteiger partial charge is 0.454 e. The van der Waals surface area contributed by atoms with Crippen molar-refractivity contribution in [2.75, 3.05) is 13.3 Å². The molecule has 1 aliphatic heterocycles. The number of hydrogen-bond donors (Lipinski definition) is 2. The maximum atomic E-state index is 13.1. The normalized spacial score (nSPS) is 20.3. The van der Waals surface area contributed by atoms with E-state index in [-0.39, 0.29) is 55.7 Å². The fraction of sp³-hybridized carbons (Fsp3) is 0.562. The molecule has 0 bridgehead atoms. The number of benzene rings is 1. The molecule has 2 aliphatic rings. The molecule has 0 spiro atoms. The molecule has 1 atom stereocenters. The zero-order valence-electron chi connectivity index (χ0n) is 13.7. The predicted octanol–water partition coefficient (Wildman–Crippen LogP) is 3.25. The molecule has 6 nitrogen and oxygen atoms in total. The zero-order valence-corrected chi connectivity index (χ0v) is 13.7. The van der Waals surface area contributed by atoms with E-state index in [1.807, 2.05) is 0 Å². The number of carbonyl (C=O) groups excluding carboxylic acids is 1. The van der Waals surface area contributed by atoms with E-state index in [9.17, 15) is 22.4 Å². The molecule has 3 rings (SSSR count). The van der Waals surface area contributed by atoms with Gasteiger partial charge in [-0.2, -0.15) is 8.78 Å². The SMILES string of the molecule is O=C(NCc1cc2c(cc1OC(F)F)OCO2)NCC1CCC(F)(F)C1. The number of urea groups is 1. The van der Waals surface area contributed by atoms with Gasteiger partial charge in [0.25, 0.3) is 0 Å². The summed E-state index contributed by atoms with van der Waals surface area (Å²) in [5.74, 6) is -2.45. The minimum atomic E-state index is -3.04. The second kappa shape index (κ2) is 7.46. The fourth-order valence-electron chi connectivity index (χ4n) is 3.00. The number of fused-ring (bicyclic) bond motifs is 1. The minimum Gasteiger partial charge on any atom is -0.454 e. The van der Waals surface area contributed by atoms with Crippen LogP contribution in [0.25, 0.3) is 0 Å². The highest BCUT2D eigenvalue weighted by molar-refractivity contribution is 5.74. The van der Waals surface area contributed by atoms with Gasteiger partial charge in [0.1, 0.15) is 5.75 Å². The second-order valence-electron chi connectivity index (χ2n) is 6.22. The molecule has 26 heavy (non-hydrogen) atoms. The molecular weight excluding hydrogens is 360 g/mol. The van der Waals surface area contributed by atoms with Crippen molar-refractivity contribution < 1.29 is 36.6 Å². The van der Waals surface area contributed by atoms with Crippen LogP contribution in [0.3, 0.4) is 0 Å². The number of amides is 2. The first-order chi connectivity index (χ1) is 12.3. The van der Waals surface area contributed by atoms with Crippen LogP contribution in [-0.4, -0.2) is 31.9 Å². The molecule has 1 saturated carbocycles. The maximum absolute atomic E-state index is 13.1. The Morgan fingerprint density at radius 1 is 1.27 bits per heavy atom. The molecule has 0 aromatic heterocycles. The van der Waals surface area contributed by atoms with Gasteiger partial charge in [-0.25, -0.2) is 13.6 Å². The van der Waals surface area contributed by atoms with Gasteiger partial charge in [-0.1, -0.05) is 0 Å². The van der Waals surface area contributed by atoms with Crippen molar-refractivity contribution in [2.45, 2.75) is 38.3 Å². The average molecular weight is 378 g/mol. The highest BCUT2D eigenvalue weighted by atomic mass is 19.3. The van der Waals surface area contributed by atoms with Gasteiger partial charge in [-0.05, 0) is 18.4 Å². The molecule has 1 aromatic carbocycles. The summed E-state index contributed by atoms with van der Waals surface area (Å²) in [5.41, 5.74) is 0.275. The van der Waals surface area contributed by atoms with Crippen molar-refractivity contribution >= 4 is 6.03 Å². The highest BCUT2D eigenvalue weighted by Gasteiger charge is 2.39. The van der Waals surface area contributed by atoms with Crippen molar-refractivity contribution in [1.82, 2.24) is 10.6 Å². The summed E-state index contributed by atoms with van der Waals surface area (Å²) in [5, 5.41) is 5.01. The Balaban J connectivity index is 1.54. The van der Waals surface area contributed by atoms with Crippen LogP contribution in [0.5, 0.6) is 17.2 Å². The smallest absolute Gasteiger partial charge is 0.387 e. The third kappa shape index (κ3) is 4.61. The Bertz CT molecular complexity index is 672. The Morgan fingerprint density at radius 3 is 2.65 bits per heavy atom. The van der Waals surface area contributed by atoms with Gasteiger partial charge in [0.05, 0.1) is 0 Å². The van der Waals surface area contributed by atoms with Crippen LogP contribution in [0, 0.1) is 5.92 Å². The lowest BCUT2D eigenvalue weighted by atomic mass is 10.1. The monoisotopic (exact) mass is 378 g/mol. The lowest BCUT2D eigenvalue weighted by molar-refractivity contribution is -0.0505. The molecule has 1 aliphatic carbocycles. The average Bonchev–Trinajstić information content (AvgIpc) is 3.15. The molecule has 2 N–H and O–H groups in total. The van der Waals surface area contributed by atoms with Crippen molar-refractivity contribution in [3.63, 3.8) is 0 Å².